The fourth-order valence-electron chi connectivity index (χ4n) is 6.59. The maximum Gasteiger partial charge on any atom is 0.0937 e. The molecule has 3 aromatic heterocycles. The van der Waals surface area contributed by atoms with E-state index < -0.39 is 5.41 Å². The highest BCUT2D eigenvalue weighted by atomic mass is 15.0. The van der Waals surface area contributed by atoms with Gasteiger partial charge in [-0.05, 0) is 71.6 Å². The highest BCUT2D eigenvalue weighted by Gasteiger charge is 2.47. The Morgan fingerprint density at radius 2 is 1.15 bits per heavy atom. The van der Waals surface area contributed by atoms with Gasteiger partial charge in [0.2, 0.25) is 0 Å². The van der Waals surface area contributed by atoms with Crippen LogP contribution in [0.2, 0.25) is 0 Å². The summed E-state index contributed by atoms with van der Waals surface area (Å²) in [6.45, 7) is 2.14. The molecule has 0 fully saturated rings. The van der Waals surface area contributed by atoms with Gasteiger partial charge in [-0.3, -0.25) is 9.97 Å². The Labute approximate surface area is 227 Å². The van der Waals surface area contributed by atoms with E-state index in [0.717, 1.165) is 17.1 Å². The lowest BCUT2D eigenvalue weighted by atomic mass is 9.68. The Bertz CT molecular complexity index is 1970. The standard InChI is InChI=1S/C36H25N3/c1-24-15-17-25(18-16-24)36(30-12-7-21-37-34(30)35-31(36)13-8-22-38-35)26-19-20-33-29(23-26)28-11-5-6-14-32(28)39(33)27-9-3-2-4-10-27/h2-23H,1H3. The topological polar surface area (TPSA) is 30.7 Å². The zero-order valence-corrected chi connectivity index (χ0v) is 21.5. The van der Waals surface area contributed by atoms with Crippen molar-refractivity contribution in [2.75, 3.05) is 0 Å². The molecular formula is C36H25N3. The summed E-state index contributed by atoms with van der Waals surface area (Å²) in [6, 6.07) is 43.8. The molecule has 0 N–H and O–H groups in total. The molecule has 1 aliphatic carbocycles. The molecule has 3 nitrogen and oxygen atoms in total. The Hall–Kier alpha value is -5.02. The first-order valence-electron chi connectivity index (χ1n) is 13.3. The minimum absolute atomic E-state index is 0.523. The van der Waals surface area contributed by atoms with Crippen molar-refractivity contribution in [1.29, 1.82) is 0 Å². The maximum absolute atomic E-state index is 4.85. The number of fused-ring (bicyclic) bond motifs is 6. The largest absolute Gasteiger partial charge is 0.309 e. The highest BCUT2D eigenvalue weighted by Crippen LogP contribution is 2.55. The van der Waals surface area contributed by atoms with Crippen LogP contribution in [0.1, 0.15) is 27.8 Å². The number of pyridine rings is 2. The lowest BCUT2D eigenvalue weighted by Crippen LogP contribution is -2.28. The number of nitrogens with zero attached hydrogens (tertiary/aromatic N) is 3. The average Bonchev–Trinajstić information content (AvgIpc) is 3.49. The Morgan fingerprint density at radius 1 is 0.538 bits per heavy atom. The van der Waals surface area contributed by atoms with Crippen LogP contribution in [0, 0.1) is 6.92 Å². The van der Waals surface area contributed by atoms with E-state index in [1.807, 2.05) is 24.5 Å². The smallest absolute Gasteiger partial charge is 0.0937 e. The SMILES string of the molecule is Cc1ccc(C2(c3ccc4c(c3)c3ccccc3n4-c3ccccc3)c3cccnc3-c3ncccc32)cc1. The van der Waals surface area contributed by atoms with E-state index in [2.05, 4.69) is 121 Å². The lowest BCUT2D eigenvalue weighted by molar-refractivity contribution is 0.765. The number of hydrogen-bond acceptors (Lipinski definition) is 2. The van der Waals surface area contributed by atoms with E-state index in [9.17, 15) is 0 Å². The van der Waals surface area contributed by atoms with Crippen molar-refractivity contribution in [3.8, 4) is 17.1 Å². The molecule has 8 rings (SSSR count). The van der Waals surface area contributed by atoms with Gasteiger partial charge in [0.25, 0.3) is 0 Å². The number of para-hydroxylation sites is 2. The fourth-order valence-corrected chi connectivity index (χ4v) is 6.59. The van der Waals surface area contributed by atoms with Crippen LogP contribution in [0.3, 0.4) is 0 Å². The van der Waals surface area contributed by atoms with Crippen LogP contribution in [-0.4, -0.2) is 14.5 Å². The summed E-state index contributed by atoms with van der Waals surface area (Å²) in [7, 11) is 0. The van der Waals surface area contributed by atoms with Crippen LogP contribution < -0.4 is 0 Å². The van der Waals surface area contributed by atoms with Crippen LogP contribution in [0.15, 0.2) is 134 Å². The summed E-state index contributed by atoms with van der Waals surface area (Å²) in [4.78, 5) is 9.71. The van der Waals surface area contributed by atoms with E-state index in [1.165, 1.54) is 49.6 Å². The normalized spacial score (nSPS) is 13.5. The van der Waals surface area contributed by atoms with Crippen molar-refractivity contribution in [1.82, 2.24) is 14.5 Å². The third-order valence-corrected chi connectivity index (χ3v) is 8.25. The van der Waals surface area contributed by atoms with Gasteiger partial charge in [0.15, 0.2) is 0 Å². The minimum atomic E-state index is -0.523. The van der Waals surface area contributed by atoms with Gasteiger partial charge in [0.1, 0.15) is 0 Å². The molecule has 0 atom stereocenters. The number of aryl methyl sites for hydroxylation is 1. The van der Waals surface area contributed by atoms with Gasteiger partial charge in [-0.15, -0.1) is 0 Å². The number of rotatable bonds is 3. The van der Waals surface area contributed by atoms with Crippen molar-refractivity contribution in [2.24, 2.45) is 0 Å². The number of aromatic nitrogens is 3. The van der Waals surface area contributed by atoms with Crippen molar-refractivity contribution >= 4 is 21.8 Å². The summed E-state index contributed by atoms with van der Waals surface area (Å²) in [5.74, 6) is 0. The molecule has 0 saturated heterocycles. The van der Waals surface area contributed by atoms with Crippen LogP contribution in [0.4, 0.5) is 0 Å². The van der Waals surface area contributed by atoms with E-state index in [-0.39, 0.29) is 0 Å². The van der Waals surface area contributed by atoms with Crippen LogP contribution in [-0.2, 0) is 5.41 Å². The van der Waals surface area contributed by atoms with Crippen LogP contribution in [0.5, 0.6) is 0 Å². The Kier molecular flexibility index (Phi) is 4.65. The first kappa shape index (κ1) is 22.0. The van der Waals surface area contributed by atoms with Crippen molar-refractivity contribution in [3.63, 3.8) is 0 Å². The predicted molar refractivity (Wildman–Crippen MR) is 158 cm³/mol. The van der Waals surface area contributed by atoms with Gasteiger partial charge in [-0.25, -0.2) is 0 Å². The molecule has 0 amide bonds. The maximum atomic E-state index is 4.85. The van der Waals surface area contributed by atoms with Gasteiger partial charge in [0.05, 0.1) is 27.8 Å². The van der Waals surface area contributed by atoms with Crippen LogP contribution in [0.25, 0.3) is 38.9 Å². The Morgan fingerprint density at radius 3 is 1.87 bits per heavy atom. The summed E-state index contributed by atoms with van der Waals surface area (Å²) in [6.07, 6.45) is 3.75. The van der Waals surface area contributed by atoms with Crippen molar-refractivity contribution in [2.45, 2.75) is 12.3 Å². The second-order valence-corrected chi connectivity index (χ2v) is 10.3. The molecule has 0 unspecified atom stereocenters. The third-order valence-electron chi connectivity index (χ3n) is 8.25. The molecule has 0 bridgehead atoms. The molecule has 3 heteroatoms. The monoisotopic (exact) mass is 499 g/mol. The fraction of sp³-hybridized carbons (Fsp3) is 0.0556. The number of benzene rings is 4. The summed E-state index contributed by atoms with van der Waals surface area (Å²) >= 11 is 0. The van der Waals surface area contributed by atoms with Crippen molar-refractivity contribution in [3.05, 3.63) is 162 Å². The summed E-state index contributed by atoms with van der Waals surface area (Å²) in [5.41, 5.74) is 11.0. The quantitative estimate of drug-likeness (QED) is 0.245. The molecule has 0 spiro atoms. The lowest BCUT2D eigenvalue weighted by Gasteiger charge is -2.33. The van der Waals surface area contributed by atoms with Crippen molar-refractivity contribution < 1.29 is 0 Å². The first-order chi connectivity index (χ1) is 19.3. The number of hydrogen-bond donors (Lipinski definition) is 0. The summed E-state index contributed by atoms with van der Waals surface area (Å²) < 4.78 is 2.37. The molecule has 1 aliphatic rings. The molecule has 0 saturated carbocycles. The molecule has 0 radical (unpaired) electrons. The Balaban J connectivity index is 1.51. The second kappa shape index (κ2) is 8.24. The molecule has 7 aromatic rings. The van der Waals surface area contributed by atoms with E-state index in [0.29, 0.717) is 0 Å². The predicted octanol–water partition coefficient (Wildman–Crippen LogP) is 8.25. The molecule has 184 valence electrons. The van der Waals surface area contributed by atoms with E-state index in [1.54, 1.807) is 0 Å². The van der Waals surface area contributed by atoms with Gasteiger partial charge >= 0.3 is 0 Å². The zero-order valence-electron chi connectivity index (χ0n) is 21.5. The first-order valence-corrected chi connectivity index (χ1v) is 13.3. The second-order valence-electron chi connectivity index (χ2n) is 10.3. The van der Waals surface area contributed by atoms with Gasteiger partial charge < -0.3 is 4.57 Å². The molecule has 39 heavy (non-hydrogen) atoms. The van der Waals surface area contributed by atoms with Gasteiger partial charge in [-0.2, -0.15) is 0 Å². The average molecular weight is 500 g/mol. The molecular weight excluding hydrogens is 474 g/mol. The highest BCUT2D eigenvalue weighted by molar-refractivity contribution is 6.09. The minimum Gasteiger partial charge on any atom is -0.309 e. The third kappa shape index (κ3) is 2.98. The molecule has 0 aliphatic heterocycles. The zero-order chi connectivity index (χ0) is 26.0. The van der Waals surface area contributed by atoms with Crippen LogP contribution >= 0.6 is 0 Å². The summed E-state index contributed by atoms with van der Waals surface area (Å²) in [5, 5.41) is 2.48. The molecule has 4 aromatic carbocycles. The molecule has 3 heterocycles. The van der Waals surface area contributed by atoms with E-state index >= 15 is 0 Å². The van der Waals surface area contributed by atoms with Gasteiger partial charge in [0, 0.05) is 28.9 Å². The van der Waals surface area contributed by atoms with E-state index in [4.69, 9.17) is 9.97 Å². The van der Waals surface area contributed by atoms with Gasteiger partial charge in [-0.1, -0.05) is 84.4 Å².